The second kappa shape index (κ2) is 7.77. The van der Waals surface area contributed by atoms with E-state index in [2.05, 4.69) is 15.3 Å². The summed E-state index contributed by atoms with van der Waals surface area (Å²) in [5.41, 5.74) is 1.25. The highest BCUT2D eigenvalue weighted by molar-refractivity contribution is 6.32. The van der Waals surface area contributed by atoms with Crippen LogP contribution in [0.2, 0.25) is 5.02 Å². The molecule has 1 aliphatic heterocycles. The van der Waals surface area contributed by atoms with E-state index in [-0.39, 0.29) is 17.3 Å². The average Bonchev–Trinajstić information content (AvgIpc) is 3.16. The average molecular weight is 400 g/mol. The normalized spacial score (nSPS) is 16.8. The Balaban J connectivity index is 1.47. The van der Waals surface area contributed by atoms with Crippen LogP contribution in [0.4, 0.5) is 5.82 Å². The van der Waals surface area contributed by atoms with Gasteiger partial charge in [0.2, 0.25) is 0 Å². The Kier molecular flexibility index (Phi) is 5.19. The van der Waals surface area contributed by atoms with Gasteiger partial charge >= 0.3 is 5.69 Å². The number of benzene rings is 1. The minimum absolute atomic E-state index is 0.229. The van der Waals surface area contributed by atoms with Crippen LogP contribution in [0.3, 0.4) is 0 Å². The Labute approximate surface area is 167 Å². The molecule has 8 heteroatoms. The molecule has 1 aliphatic rings. The predicted octanol–water partition coefficient (Wildman–Crippen LogP) is 2.13. The Morgan fingerprint density at radius 1 is 1.32 bits per heavy atom. The second-order valence-corrected chi connectivity index (χ2v) is 7.36. The summed E-state index contributed by atoms with van der Waals surface area (Å²) in [6.07, 6.45) is 2.68. The van der Waals surface area contributed by atoms with Crippen molar-refractivity contribution in [3.63, 3.8) is 0 Å². The van der Waals surface area contributed by atoms with Crippen LogP contribution in [0, 0.1) is 0 Å². The lowest BCUT2D eigenvalue weighted by atomic mass is 10.1. The summed E-state index contributed by atoms with van der Waals surface area (Å²) in [5, 5.41) is 5.30. The number of pyridine rings is 1. The fourth-order valence-corrected chi connectivity index (χ4v) is 3.94. The molecule has 0 aliphatic carbocycles. The number of anilines is 1. The van der Waals surface area contributed by atoms with E-state index >= 15 is 0 Å². The molecule has 1 fully saturated rings. The first kappa shape index (κ1) is 18.7. The van der Waals surface area contributed by atoms with Crippen molar-refractivity contribution in [3.05, 3.63) is 68.0 Å². The smallest absolute Gasteiger partial charge is 0.329 e. The number of fused-ring (bicyclic) bond motifs is 1. The molecule has 4 rings (SSSR count). The van der Waals surface area contributed by atoms with Crippen molar-refractivity contribution in [1.29, 1.82) is 0 Å². The molecule has 1 saturated heterocycles. The molecule has 146 valence electrons. The maximum absolute atomic E-state index is 12.1. The van der Waals surface area contributed by atoms with Gasteiger partial charge < -0.3 is 10.2 Å². The van der Waals surface area contributed by atoms with Gasteiger partial charge in [-0.05, 0) is 25.5 Å². The van der Waals surface area contributed by atoms with Crippen LogP contribution >= 0.6 is 11.6 Å². The highest BCUT2D eigenvalue weighted by Gasteiger charge is 2.24. The number of hydrogen-bond donors (Lipinski definition) is 2. The van der Waals surface area contributed by atoms with E-state index in [0.29, 0.717) is 30.5 Å². The Hall–Kier alpha value is -2.64. The van der Waals surface area contributed by atoms with Crippen molar-refractivity contribution in [3.8, 4) is 0 Å². The van der Waals surface area contributed by atoms with Crippen molar-refractivity contribution < 1.29 is 0 Å². The van der Waals surface area contributed by atoms with E-state index < -0.39 is 0 Å². The lowest BCUT2D eigenvalue weighted by molar-refractivity contribution is 0.552. The zero-order valence-corrected chi connectivity index (χ0v) is 16.4. The maximum atomic E-state index is 12.1. The molecule has 7 nitrogen and oxygen atoms in total. The number of halogens is 1. The summed E-state index contributed by atoms with van der Waals surface area (Å²) in [5.74, 6) is 0.578. The van der Waals surface area contributed by atoms with Crippen molar-refractivity contribution in [2.45, 2.75) is 32.5 Å². The minimum atomic E-state index is -0.366. The molecule has 28 heavy (non-hydrogen) atoms. The number of H-pyrrole nitrogens is 1. The monoisotopic (exact) mass is 399 g/mol. The summed E-state index contributed by atoms with van der Waals surface area (Å²) in [7, 11) is 0. The number of aromatic amines is 1. The molecule has 0 bridgehead atoms. The Bertz CT molecular complexity index is 1090. The SMILES string of the molecule is CCn1c(=O)cc(N2CC[C@@H](NCc3c(Cl)ccc4cccnc34)C2)[nH]c1=O. The third-order valence-corrected chi connectivity index (χ3v) is 5.60. The summed E-state index contributed by atoms with van der Waals surface area (Å²) in [6, 6.07) is 9.53. The maximum Gasteiger partial charge on any atom is 0.329 e. The number of nitrogens with one attached hydrogen (secondary N) is 2. The van der Waals surface area contributed by atoms with Gasteiger partial charge in [-0.2, -0.15) is 0 Å². The van der Waals surface area contributed by atoms with Crippen LogP contribution in [0.25, 0.3) is 10.9 Å². The van der Waals surface area contributed by atoms with E-state index in [9.17, 15) is 9.59 Å². The zero-order valence-electron chi connectivity index (χ0n) is 15.6. The number of nitrogens with zero attached hydrogens (tertiary/aromatic N) is 3. The van der Waals surface area contributed by atoms with Crippen molar-refractivity contribution in [2.24, 2.45) is 0 Å². The number of rotatable bonds is 5. The molecule has 0 spiro atoms. The van der Waals surface area contributed by atoms with Gasteiger partial charge in [0.25, 0.3) is 5.56 Å². The van der Waals surface area contributed by atoms with E-state index in [4.69, 9.17) is 11.6 Å². The number of hydrogen-bond acceptors (Lipinski definition) is 5. The topological polar surface area (TPSA) is 83.0 Å². The van der Waals surface area contributed by atoms with Gasteiger partial charge in [-0.3, -0.25) is 19.3 Å². The van der Waals surface area contributed by atoms with Crippen molar-refractivity contribution in [2.75, 3.05) is 18.0 Å². The van der Waals surface area contributed by atoms with E-state index in [1.807, 2.05) is 29.2 Å². The first-order valence-electron chi connectivity index (χ1n) is 9.41. The van der Waals surface area contributed by atoms with E-state index in [1.165, 1.54) is 10.6 Å². The quantitative estimate of drug-likeness (QED) is 0.686. The molecule has 0 radical (unpaired) electrons. The lowest BCUT2D eigenvalue weighted by Gasteiger charge is -2.19. The summed E-state index contributed by atoms with van der Waals surface area (Å²) >= 11 is 6.41. The highest BCUT2D eigenvalue weighted by Crippen LogP contribution is 2.25. The molecule has 0 unspecified atom stereocenters. The first-order chi connectivity index (χ1) is 13.6. The fourth-order valence-electron chi connectivity index (χ4n) is 3.72. The molecule has 1 atom stereocenters. The Morgan fingerprint density at radius 2 is 2.18 bits per heavy atom. The third-order valence-electron chi connectivity index (χ3n) is 5.24. The van der Waals surface area contributed by atoms with Crippen LogP contribution in [0.1, 0.15) is 18.9 Å². The van der Waals surface area contributed by atoms with Gasteiger partial charge in [0.15, 0.2) is 0 Å². The predicted molar refractivity (Wildman–Crippen MR) is 111 cm³/mol. The van der Waals surface area contributed by atoms with Crippen LogP contribution in [-0.4, -0.2) is 33.7 Å². The van der Waals surface area contributed by atoms with Crippen LogP contribution in [0.15, 0.2) is 46.1 Å². The number of aromatic nitrogens is 3. The van der Waals surface area contributed by atoms with E-state index in [1.54, 1.807) is 13.1 Å². The van der Waals surface area contributed by atoms with Gasteiger partial charge in [-0.25, -0.2) is 4.79 Å². The molecule has 0 saturated carbocycles. The van der Waals surface area contributed by atoms with E-state index in [0.717, 1.165) is 29.4 Å². The fraction of sp³-hybridized carbons (Fsp3) is 0.350. The van der Waals surface area contributed by atoms with Gasteiger partial charge in [0, 0.05) is 60.5 Å². The summed E-state index contributed by atoms with van der Waals surface area (Å²) < 4.78 is 1.19. The molecule has 2 N–H and O–H groups in total. The second-order valence-electron chi connectivity index (χ2n) is 6.96. The standard InChI is InChI=1S/C20H22ClN5O2/c1-2-26-18(27)10-17(24-20(26)28)25-9-7-14(12-25)23-11-15-16(21)6-5-13-4-3-8-22-19(13)15/h3-6,8,10,14,23H,2,7,9,11-12H2,1H3,(H,24,28)/t14-/m1/s1. The van der Waals surface area contributed by atoms with Crippen LogP contribution in [-0.2, 0) is 13.1 Å². The van der Waals surface area contributed by atoms with Gasteiger partial charge in [0.1, 0.15) is 5.82 Å². The molecule has 3 heterocycles. The van der Waals surface area contributed by atoms with Crippen LogP contribution in [0.5, 0.6) is 0 Å². The van der Waals surface area contributed by atoms with Crippen LogP contribution < -0.4 is 21.5 Å². The molecular weight excluding hydrogens is 378 g/mol. The van der Waals surface area contributed by atoms with Crippen molar-refractivity contribution in [1.82, 2.24) is 19.9 Å². The minimum Gasteiger partial charge on any atom is -0.356 e. The molecule has 0 amide bonds. The lowest BCUT2D eigenvalue weighted by Crippen LogP contribution is -2.37. The van der Waals surface area contributed by atoms with Gasteiger partial charge in [-0.1, -0.05) is 23.7 Å². The first-order valence-corrected chi connectivity index (χ1v) is 9.79. The summed E-state index contributed by atoms with van der Waals surface area (Å²) in [6.45, 7) is 4.23. The summed E-state index contributed by atoms with van der Waals surface area (Å²) in [4.78, 5) is 33.4. The largest absolute Gasteiger partial charge is 0.356 e. The molecule has 1 aromatic carbocycles. The molecule has 3 aromatic rings. The third kappa shape index (κ3) is 3.55. The molecular formula is C20H22ClN5O2. The van der Waals surface area contributed by atoms with Crippen molar-refractivity contribution >= 4 is 28.3 Å². The van der Waals surface area contributed by atoms with Gasteiger partial charge in [-0.15, -0.1) is 0 Å². The Morgan fingerprint density at radius 3 is 2.96 bits per heavy atom. The van der Waals surface area contributed by atoms with Gasteiger partial charge in [0.05, 0.1) is 5.52 Å². The zero-order chi connectivity index (χ0) is 19.7. The molecule has 2 aromatic heterocycles. The highest BCUT2D eigenvalue weighted by atomic mass is 35.5.